The van der Waals surface area contributed by atoms with E-state index in [4.69, 9.17) is 14.5 Å². The van der Waals surface area contributed by atoms with Gasteiger partial charge in [-0.3, -0.25) is 4.40 Å². The molecule has 0 aliphatic carbocycles. The number of rotatable bonds is 5. The van der Waals surface area contributed by atoms with E-state index in [0.717, 1.165) is 59.2 Å². The van der Waals surface area contributed by atoms with Crippen molar-refractivity contribution in [2.24, 2.45) is 0 Å². The summed E-state index contributed by atoms with van der Waals surface area (Å²) in [4.78, 5) is 11.5. The van der Waals surface area contributed by atoms with Crippen LogP contribution in [0.3, 0.4) is 0 Å². The van der Waals surface area contributed by atoms with Crippen molar-refractivity contribution in [2.45, 2.75) is 19.3 Å². The predicted octanol–water partition coefficient (Wildman–Crippen LogP) is 2.88. The summed E-state index contributed by atoms with van der Waals surface area (Å²) in [7, 11) is 0. The van der Waals surface area contributed by atoms with Gasteiger partial charge in [0.25, 0.3) is 0 Å². The van der Waals surface area contributed by atoms with Crippen molar-refractivity contribution in [3.05, 3.63) is 65.8 Å². The van der Waals surface area contributed by atoms with Gasteiger partial charge in [-0.2, -0.15) is 0 Å². The molecule has 1 aromatic carbocycles. The molecule has 0 spiro atoms. The van der Waals surface area contributed by atoms with Crippen molar-refractivity contribution < 1.29 is 13.9 Å². The second-order valence-electron chi connectivity index (χ2n) is 8.22. The third-order valence-electron chi connectivity index (χ3n) is 6.34. The smallest absolute Gasteiger partial charge is 0.171 e. The molecule has 2 aliphatic rings. The van der Waals surface area contributed by atoms with Crippen LogP contribution < -0.4 is 9.64 Å². The van der Waals surface area contributed by atoms with E-state index >= 15 is 0 Å². The standard InChI is InChI=1S/C24H23FN6O2/c25-20-2-3-21-18(6-10-33-21)17(20)1-4-22-27-14-19(24-29-28-15-31(22)24)16-5-7-26-23(13-16)30-8-11-32-12-9-30/h2-3,5,7,13-15H,1,4,6,8-12H2. The van der Waals surface area contributed by atoms with Crippen molar-refractivity contribution in [1.82, 2.24) is 24.6 Å². The van der Waals surface area contributed by atoms with E-state index in [1.54, 1.807) is 12.4 Å². The van der Waals surface area contributed by atoms with Gasteiger partial charge in [-0.05, 0) is 41.8 Å². The van der Waals surface area contributed by atoms with Crippen molar-refractivity contribution in [3.8, 4) is 16.9 Å². The highest BCUT2D eigenvalue weighted by molar-refractivity contribution is 5.78. The van der Waals surface area contributed by atoms with Crippen LogP contribution >= 0.6 is 0 Å². The van der Waals surface area contributed by atoms with E-state index in [0.29, 0.717) is 38.2 Å². The molecular formula is C24H23FN6O2. The van der Waals surface area contributed by atoms with Crippen molar-refractivity contribution in [3.63, 3.8) is 0 Å². The van der Waals surface area contributed by atoms with Gasteiger partial charge < -0.3 is 14.4 Å². The number of aryl methyl sites for hydroxylation is 1. The molecular weight excluding hydrogens is 423 g/mol. The Morgan fingerprint density at radius 1 is 1.03 bits per heavy atom. The van der Waals surface area contributed by atoms with Gasteiger partial charge >= 0.3 is 0 Å². The molecule has 0 amide bonds. The minimum Gasteiger partial charge on any atom is -0.493 e. The lowest BCUT2D eigenvalue weighted by Gasteiger charge is -2.28. The molecule has 33 heavy (non-hydrogen) atoms. The zero-order valence-electron chi connectivity index (χ0n) is 18.1. The molecule has 0 atom stereocenters. The Morgan fingerprint density at radius 2 is 1.94 bits per heavy atom. The summed E-state index contributed by atoms with van der Waals surface area (Å²) in [6, 6.07) is 7.21. The van der Waals surface area contributed by atoms with Gasteiger partial charge in [0.2, 0.25) is 0 Å². The molecule has 6 rings (SSSR count). The largest absolute Gasteiger partial charge is 0.493 e. The summed E-state index contributed by atoms with van der Waals surface area (Å²) in [6.07, 6.45) is 7.14. The normalized spacial score (nSPS) is 15.6. The lowest BCUT2D eigenvalue weighted by atomic mass is 10.00. The fourth-order valence-corrected chi connectivity index (χ4v) is 4.63. The van der Waals surface area contributed by atoms with Gasteiger partial charge in [-0.1, -0.05) is 0 Å². The average molecular weight is 446 g/mol. The van der Waals surface area contributed by atoms with Crippen LogP contribution in [0.5, 0.6) is 5.75 Å². The minimum atomic E-state index is -0.191. The minimum absolute atomic E-state index is 0.191. The third kappa shape index (κ3) is 3.68. The second kappa shape index (κ2) is 8.40. The third-order valence-corrected chi connectivity index (χ3v) is 6.34. The van der Waals surface area contributed by atoms with Gasteiger partial charge in [-0.15, -0.1) is 10.2 Å². The van der Waals surface area contributed by atoms with E-state index in [1.165, 1.54) is 6.07 Å². The lowest BCUT2D eigenvalue weighted by molar-refractivity contribution is 0.122. The number of morpholine rings is 1. The Balaban J connectivity index is 1.30. The van der Waals surface area contributed by atoms with Crippen LogP contribution in [0.25, 0.3) is 16.8 Å². The van der Waals surface area contributed by atoms with Crippen LogP contribution in [0.2, 0.25) is 0 Å². The monoisotopic (exact) mass is 446 g/mol. The summed E-state index contributed by atoms with van der Waals surface area (Å²) in [5.74, 6) is 2.30. The van der Waals surface area contributed by atoms with E-state index in [1.807, 2.05) is 22.9 Å². The Bertz CT molecular complexity index is 1320. The molecule has 0 bridgehead atoms. The summed E-state index contributed by atoms with van der Waals surface area (Å²) in [6.45, 7) is 3.65. The topological polar surface area (TPSA) is 77.7 Å². The molecule has 9 heteroatoms. The first kappa shape index (κ1) is 20.0. The maximum absolute atomic E-state index is 14.6. The van der Waals surface area contributed by atoms with Crippen LogP contribution in [0.1, 0.15) is 17.0 Å². The van der Waals surface area contributed by atoms with E-state index in [2.05, 4.69) is 26.1 Å². The fraction of sp³-hybridized carbons (Fsp3) is 0.333. The molecule has 0 unspecified atom stereocenters. The van der Waals surface area contributed by atoms with Gasteiger partial charge in [0, 0.05) is 49.5 Å². The van der Waals surface area contributed by atoms with Gasteiger partial charge in [0.15, 0.2) is 5.65 Å². The number of aromatic nitrogens is 5. The van der Waals surface area contributed by atoms with Crippen LogP contribution in [0.15, 0.2) is 43.0 Å². The Morgan fingerprint density at radius 3 is 2.85 bits per heavy atom. The SMILES string of the molecule is Fc1ccc2c(c1CCc1ncc(-c3ccnc(N4CCOCC4)c3)c3nncn13)CCO2. The molecule has 2 aliphatic heterocycles. The highest BCUT2D eigenvalue weighted by atomic mass is 19.1. The van der Waals surface area contributed by atoms with Crippen molar-refractivity contribution in [2.75, 3.05) is 37.8 Å². The zero-order chi connectivity index (χ0) is 22.2. The number of benzene rings is 1. The average Bonchev–Trinajstić information content (AvgIpc) is 3.54. The number of hydrogen-bond acceptors (Lipinski definition) is 7. The van der Waals surface area contributed by atoms with Gasteiger partial charge in [-0.25, -0.2) is 14.4 Å². The molecule has 8 nitrogen and oxygen atoms in total. The van der Waals surface area contributed by atoms with E-state index < -0.39 is 0 Å². The van der Waals surface area contributed by atoms with Crippen LogP contribution in [-0.2, 0) is 24.0 Å². The van der Waals surface area contributed by atoms with Crippen molar-refractivity contribution in [1.29, 1.82) is 0 Å². The zero-order valence-corrected chi connectivity index (χ0v) is 18.1. The lowest BCUT2D eigenvalue weighted by Crippen LogP contribution is -2.36. The second-order valence-corrected chi connectivity index (χ2v) is 8.22. The van der Waals surface area contributed by atoms with Crippen molar-refractivity contribution >= 4 is 11.5 Å². The molecule has 0 radical (unpaired) electrons. The highest BCUT2D eigenvalue weighted by Gasteiger charge is 2.20. The summed E-state index contributed by atoms with van der Waals surface area (Å²) in [5.41, 5.74) is 4.27. The Labute approximate surface area is 190 Å². The molecule has 0 saturated carbocycles. The predicted molar refractivity (Wildman–Crippen MR) is 120 cm³/mol. The number of halogens is 1. The Hall–Kier alpha value is -3.59. The van der Waals surface area contributed by atoms with Crippen LogP contribution in [0, 0.1) is 5.82 Å². The summed E-state index contributed by atoms with van der Waals surface area (Å²) in [5, 5.41) is 8.48. The first-order valence-electron chi connectivity index (χ1n) is 11.2. The number of pyridine rings is 1. The molecule has 0 N–H and O–H groups in total. The fourth-order valence-electron chi connectivity index (χ4n) is 4.63. The molecule has 3 aromatic heterocycles. The maximum atomic E-state index is 14.6. The molecule has 1 saturated heterocycles. The number of fused-ring (bicyclic) bond motifs is 2. The Kier molecular flexibility index (Phi) is 5.10. The van der Waals surface area contributed by atoms with Gasteiger partial charge in [0.1, 0.15) is 29.5 Å². The highest BCUT2D eigenvalue weighted by Crippen LogP contribution is 2.31. The number of ether oxygens (including phenoxy) is 2. The quantitative estimate of drug-likeness (QED) is 0.467. The maximum Gasteiger partial charge on any atom is 0.171 e. The van der Waals surface area contributed by atoms with Crippen LogP contribution in [-0.4, -0.2) is 57.5 Å². The number of nitrogens with zero attached hydrogens (tertiary/aromatic N) is 6. The first-order chi connectivity index (χ1) is 16.3. The number of hydrogen-bond donors (Lipinski definition) is 0. The molecule has 5 heterocycles. The summed E-state index contributed by atoms with van der Waals surface area (Å²) < 4.78 is 27.5. The van der Waals surface area contributed by atoms with E-state index in [-0.39, 0.29) is 5.82 Å². The molecule has 1 fully saturated rings. The van der Waals surface area contributed by atoms with Gasteiger partial charge in [0.05, 0.1) is 19.8 Å². The first-order valence-corrected chi connectivity index (χ1v) is 11.2. The molecule has 4 aromatic rings. The number of anilines is 1. The van der Waals surface area contributed by atoms with E-state index in [9.17, 15) is 4.39 Å². The van der Waals surface area contributed by atoms with Crippen LogP contribution in [0.4, 0.5) is 10.2 Å². The molecule has 168 valence electrons. The summed E-state index contributed by atoms with van der Waals surface area (Å²) >= 11 is 0.